The quantitative estimate of drug-likeness (QED) is 0.683. The summed E-state index contributed by atoms with van der Waals surface area (Å²) in [5.74, 6) is 0.861. The second-order valence-electron chi connectivity index (χ2n) is 3.06. The molecule has 5 heteroatoms. The van der Waals surface area contributed by atoms with E-state index in [2.05, 4.69) is 44.8 Å². The molecule has 0 bridgehead atoms. The van der Waals surface area contributed by atoms with Gasteiger partial charge < -0.3 is 5.32 Å². The molecule has 0 spiro atoms. The van der Waals surface area contributed by atoms with Crippen LogP contribution >= 0.6 is 34.2 Å². The minimum Gasteiger partial charge on any atom is -0.365 e. The van der Waals surface area contributed by atoms with E-state index in [0.717, 1.165) is 15.8 Å². The molecule has 0 aliphatic rings. The van der Waals surface area contributed by atoms with Crippen molar-refractivity contribution in [2.24, 2.45) is 0 Å². The molecule has 0 radical (unpaired) electrons. The molecule has 14 heavy (non-hydrogen) atoms. The lowest BCUT2D eigenvalue weighted by Gasteiger charge is -2.20. The highest BCUT2D eigenvalue weighted by Gasteiger charge is 2.14. The average Bonchev–Trinajstić information content (AvgIpc) is 2.16. The van der Waals surface area contributed by atoms with Crippen molar-refractivity contribution >= 4 is 40.0 Å². The van der Waals surface area contributed by atoms with Crippen molar-refractivity contribution in [3.63, 3.8) is 0 Å². The lowest BCUT2D eigenvalue weighted by Crippen LogP contribution is -2.27. The fourth-order valence-electron chi connectivity index (χ4n) is 1.14. The molecule has 2 atom stereocenters. The van der Waals surface area contributed by atoms with Gasteiger partial charge in [0.25, 0.3) is 0 Å². The number of nitrogens with zero attached hydrogens (tertiary/aromatic N) is 2. The minimum atomic E-state index is 0.0887. The molecule has 3 nitrogen and oxygen atoms in total. The van der Waals surface area contributed by atoms with Crippen LogP contribution in [-0.2, 0) is 0 Å². The number of rotatable bonds is 4. The van der Waals surface area contributed by atoms with Gasteiger partial charge in [0.2, 0.25) is 0 Å². The van der Waals surface area contributed by atoms with Crippen molar-refractivity contribution < 1.29 is 0 Å². The number of nitrogens with one attached hydrogen (secondary N) is 1. The largest absolute Gasteiger partial charge is 0.365 e. The Morgan fingerprint density at radius 2 is 2.36 bits per heavy atom. The van der Waals surface area contributed by atoms with Gasteiger partial charge in [-0.05, 0) is 35.9 Å². The molecule has 0 aliphatic carbocycles. The highest BCUT2D eigenvalue weighted by atomic mass is 127. The van der Waals surface area contributed by atoms with Crippen LogP contribution in [-0.4, -0.2) is 21.4 Å². The van der Waals surface area contributed by atoms with Crippen molar-refractivity contribution in [3.8, 4) is 0 Å². The van der Waals surface area contributed by atoms with E-state index >= 15 is 0 Å². The van der Waals surface area contributed by atoms with Gasteiger partial charge in [-0.1, -0.05) is 6.92 Å². The summed E-state index contributed by atoms with van der Waals surface area (Å²) in [4.78, 5) is 8.09. The van der Waals surface area contributed by atoms with Gasteiger partial charge in [-0.25, -0.2) is 9.97 Å². The molecule has 78 valence electrons. The molecule has 0 saturated carbocycles. The summed E-state index contributed by atoms with van der Waals surface area (Å²) in [5.41, 5.74) is 0. The van der Waals surface area contributed by atoms with Crippen LogP contribution in [0.4, 0.5) is 5.82 Å². The Hall–Kier alpha value is -0.100. The predicted octanol–water partition coefficient (Wildman–Crippen LogP) is 2.90. The third-order valence-electron chi connectivity index (χ3n) is 1.98. The fraction of sp³-hybridized carbons (Fsp3) is 0.556. The summed E-state index contributed by atoms with van der Waals surface area (Å²) in [6.07, 6.45) is 4.29. The smallest absolute Gasteiger partial charge is 0.143 e. The molecule has 1 heterocycles. The Labute approximate surface area is 103 Å². The van der Waals surface area contributed by atoms with Crippen LogP contribution in [0, 0.1) is 3.57 Å². The maximum absolute atomic E-state index is 6.04. The summed E-state index contributed by atoms with van der Waals surface area (Å²) >= 11 is 8.24. The molecular formula is C9H13ClIN3. The third-order valence-corrected chi connectivity index (χ3v) is 3.08. The van der Waals surface area contributed by atoms with E-state index in [1.165, 1.54) is 6.33 Å². The first-order valence-electron chi connectivity index (χ1n) is 4.51. The zero-order valence-corrected chi connectivity index (χ0v) is 11.1. The maximum atomic E-state index is 6.04. The van der Waals surface area contributed by atoms with Crippen LogP contribution in [0.15, 0.2) is 12.5 Å². The highest BCUT2D eigenvalue weighted by Crippen LogP contribution is 2.17. The Bertz CT molecular complexity index is 293. The average molecular weight is 326 g/mol. The first kappa shape index (κ1) is 12.0. The lowest BCUT2D eigenvalue weighted by molar-refractivity contribution is 0.674. The number of hydrogen-bond donors (Lipinski definition) is 1. The van der Waals surface area contributed by atoms with Gasteiger partial charge in [-0.2, -0.15) is 0 Å². The summed E-state index contributed by atoms with van der Waals surface area (Å²) in [5, 5.41) is 3.39. The first-order valence-corrected chi connectivity index (χ1v) is 6.02. The second-order valence-corrected chi connectivity index (χ2v) is 4.91. The number of aromatic nitrogens is 2. The van der Waals surface area contributed by atoms with E-state index in [0.29, 0.717) is 0 Å². The normalized spacial score (nSPS) is 14.9. The van der Waals surface area contributed by atoms with E-state index in [1.54, 1.807) is 6.20 Å². The van der Waals surface area contributed by atoms with Crippen LogP contribution in [0.1, 0.15) is 20.3 Å². The van der Waals surface area contributed by atoms with Crippen molar-refractivity contribution in [1.82, 2.24) is 9.97 Å². The van der Waals surface area contributed by atoms with Crippen molar-refractivity contribution in [2.45, 2.75) is 31.7 Å². The zero-order chi connectivity index (χ0) is 10.6. The fourth-order valence-corrected chi connectivity index (χ4v) is 1.83. The van der Waals surface area contributed by atoms with Crippen molar-refractivity contribution in [1.29, 1.82) is 0 Å². The predicted molar refractivity (Wildman–Crippen MR) is 67.8 cm³/mol. The number of hydrogen-bond acceptors (Lipinski definition) is 3. The van der Waals surface area contributed by atoms with E-state index in [9.17, 15) is 0 Å². The van der Waals surface area contributed by atoms with Crippen molar-refractivity contribution in [2.75, 3.05) is 5.32 Å². The van der Waals surface area contributed by atoms with E-state index in [4.69, 9.17) is 11.6 Å². The summed E-state index contributed by atoms with van der Waals surface area (Å²) in [6.45, 7) is 4.08. The number of anilines is 1. The molecule has 1 aromatic heterocycles. The third kappa shape index (κ3) is 3.24. The topological polar surface area (TPSA) is 37.8 Å². The van der Waals surface area contributed by atoms with Gasteiger partial charge in [0.1, 0.15) is 12.1 Å². The molecule has 0 saturated heterocycles. The Balaban J connectivity index is 2.72. The summed E-state index contributed by atoms with van der Waals surface area (Å²) in [7, 11) is 0. The van der Waals surface area contributed by atoms with E-state index in [-0.39, 0.29) is 11.4 Å². The van der Waals surface area contributed by atoms with Crippen LogP contribution in [0.25, 0.3) is 0 Å². The molecular weight excluding hydrogens is 312 g/mol. The second kappa shape index (κ2) is 5.70. The van der Waals surface area contributed by atoms with Crippen molar-refractivity contribution in [3.05, 3.63) is 16.1 Å². The summed E-state index contributed by atoms with van der Waals surface area (Å²) < 4.78 is 1.01. The first-order chi connectivity index (χ1) is 6.65. The summed E-state index contributed by atoms with van der Waals surface area (Å²) in [6, 6.07) is 0.250. The Kier molecular flexibility index (Phi) is 4.88. The van der Waals surface area contributed by atoms with Crippen LogP contribution < -0.4 is 5.32 Å². The van der Waals surface area contributed by atoms with Gasteiger partial charge in [0, 0.05) is 12.2 Å². The molecule has 0 aliphatic heterocycles. The van der Waals surface area contributed by atoms with Crippen LogP contribution in [0.3, 0.4) is 0 Å². The molecule has 1 rings (SSSR count). The number of alkyl halides is 1. The maximum Gasteiger partial charge on any atom is 0.143 e. The Morgan fingerprint density at radius 3 is 2.86 bits per heavy atom. The minimum absolute atomic E-state index is 0.0887. The number of halogens is 2. The standard InChI is InChI=1S/C9H13ClIN3/c1-3-8(6(2)10)14-9-7(11)4-12-5-13-9/h4-6,8H,3H2,1-2H3,(H,12,13,14). The monoisotopic (exact) mass is 325 g/mol. The zero-order valence-electron chi connectivity index (χ0n) is 8.17. The van der Waals surface area contributed by atoms with Crippen LogP contribution in [0.2, 0.25) is 0 Å². The molecule has 0 aromatic carbocycles. The Morgan fingerprint density at radius 1 is 1.64 bits per heavy atom. The molecule has 0 amide bonds. The van der Waals surface area contributed by atoms with E-state index in [1.807, 2.05) is 6.92 Å². The molecule has 0 fully saturated rings. The van der Waals surface area contributed by atoms with Gasteiger partial charge in [-0.15, -0.1) is 11.6 Å². The van der Waals surface area contributed by atoms with E-state index < -0.39 is 0 Å². The van der Waals surface area contributed by atoms with Crippen LogP contribution in [0.5, 0.6) is 0 Å². The lowest BCUT2D eigenvalue weighted by atomic mass is 10.1. The van der Waals surface area contributed by atoms with Gasteiger partial charge >= 0.3 is 0 Å². The SMILES string of the molecule is CCC(Nc1ncncc1I)C(C)Cl. The van der Waals surface area contributed by atoms with Gasteiger partial charge in [-0.3, -0.25) is 0 Å². The highest BCUT2D eigenvalue weighted by molar-refractivity contribution is 14.1. The molecule has 1 N–H and O–H groups in total. The van der Waals surface area contributed by atoms with Gasteiger partial charge in [0.15, 0.2) is 0 Å². The molecule has 2 unspecified atom stereocenters. The van der Waals surface area contributed by atoms with Gasteiger partial charge in [0.05, 0.1) is 8.95 Å². The molecule has 1 aromatic rings.